The lowest BCUT2D eigenvalue weighted by Gasteiger charge is -2.09. The third-order valence-electron chi connectivity index (χ3n) is 2.87. The van der Waals surface area contributed by atoms with Crippen LogP contribution in [0.5, 0.6) is 0 Å². The van der Waals surface area contributed by atoms with Crippen LogP contribution in [0.1, 0.15) is 38.2 Å². The van der Waals surface area contributed by atoms with Crippen LogP contribution in [0.4, 0.5) is 11.4 Å². The summed E-state index contributed by atoms with van der Waals surface area (Å²) >= 11 is 0. The van der Waals surface area contributed by atoms with Crippen molar-refractivity contribution in [1.82, 2.24) is 0 Å². The van der Waals surface area contributed by atoms with Crippen LogP contribution >= 0.6 is 0 Å². The number of nitrogens with one attached hydrogen (secondary N) is 1. The summed E-state index contributed by atoms with van der Waals surface area (Å²) in [6.45, 7) is 5.50. The van der Waals surface area contributed by atoms with Crippen molar-refractivity contribution in [2.45, 2.75) is 39.5 Å². The molecule has 0 aliphatic heterocycles. The number of hydrogen-bond acceptors (Lipinski definition) is 3. The van der Waals surface area contributed by atoms with Crippen LogP contribution < -0.4 is 11.1 Å². The minimum absolute atomic E-state index is 0.00721. The van der Waals surface area contributed by atoms with E-state index in [2.05, 4.69) is 12.2 Å². The molecular weight excluding hydrogens is 240 g/mol. The van der Waals surface area contributed by atoms with Crippen LogP contribution in [0, 0.1) is 6.92 Å². The SMILES string of the molecule is CCCCOCCCC(=O)Nc1cc(N)ccc1C. The molecule has 1 amide bonds. The molecule has 19 heavy (non-hydrogen) atoms. The highest BCUT2D eigenvalue weighted by Crippen LogP contribution is 2.18. The quantitative estimate of drug-likeness (QED) is 0.560. The van der Waals surface area contributed by atoms with E-state index >= 15 is 0 Å². The summed E-state index contributed by atoms with van der Waals surface area (Å²) in [7, 11) is 0. The van der Waals surface area contributed by atoms with E-state index in [1.165, 1.54) is 0 Å². The first kappa shape index (κ1) is 15.5. The summed E-state index contributed by atoms with van der Waals surface area (Å²) in [5, 5.41) is 2.88. The molecule has 3 N–H and O–H groups in total. The molecule has 0 fully saturated rings. The van der Waals surface area contributed by atoms with Gasteiger partial charge in [-0.15, -0.1) is 0 Å². The van der Waals surface area contributed by atoms with Gasteiger partial charge in [0.15, 0.2) is 0 Å². The lowest BCUT2D eigenvalue weighted by atomic mass is 10.1. The van der Waals surface area contributed by atoms with Crippen molar-refractivity contribution in [2.24, 2.45) is 0 Å². The Kier molecular flexibility index (Phi) is 6.97. The topological polar surface area (TPSA) is 64.3 Å². The van der Waals surface area contributed by atoms with Gasteiger partial charge in [0.25, 0.3) is 0 Å². The third-order valence-corrected chi connectivity index (χ3v) is 2.87. The first-order valence-electron chi connectivity index (χ1n) is 6.87. The van der Waals surface area contributed by atoms with E-state index in [1.807, 2.05) is 19.1 Å². The van der Waals surface area contributed by atoms with E-state index in [4.69, 9.17) is 10.5 Å². The Bertz CT molecular complexity index is 405. The minimum atomic E-state index is 0.00721. The van der Waals surface area contributed by atoms with Crippen LogP contribution in [0.3, 0.4) is 0 Å². The minimum Gasteiger partial charge on any atom is -0.399 e. The fourth-order valence-electron chi connectivity index (χ4n) is 1.67. The molecule has 0 saturated heterocycles. The van der Waals surface area contributed by atoms with Gasteiger partial charge >= 0.3 is 0 Å². The van der Waals surface area contributed by atoms with Gasteiger partial charge in [-0.05, 0) is 37.5 Å². The Morgan fingerprint density at radius 3 is 2.79 bits per heavy atom. The highest BCUT2D eigenvalue weighted by Gasteiger charge is 2.05. The maximum Gasteiger partial charge on any atom is 0.224 e. The number of aryl methyl sites for hydroxylation is 1. The molecule has 0 atom stereocenters. The zero-order chi connectivity index (χ0) is 14.1. The van der Waals surface area contributed by atoms with Crippen LogP contribution in [-0.4, -0.2) is 19.1 Å². The fourth-order valence-corrected chi connectivity index (χ4v) is 1.67. The number of hydrogen-bond donors (Lipinski definition) is 2. The number of ether oxygens (including phenoxy) is 1. The van der Waals surface area contributed by atoms with Gasteiger partial charge in [0.2, 0.25) is 5.91 Å². The van der Waals surface area contributed by atoms with Crippen molar-refractivity contribution in [3.8, 4) is 0 Å². The van der Waals surface area contributed by atoms with Crippen molar-refractivity contribution in [3.05, 3.63) is 23.8 Å². The fraction of sp³-hybridized carbons (Fsp3) is 0.533. The summed E-state index contributed by atoms with van der Waals surface area (Å²) in [5.41, 5.74) is 8.16. The molecule has 0 aromatic heterocycles. The normalized spacial score (nSPS) is 10.4. The number of carbonyl (C=O) groups is 1. The summed E-state index contributed by atoms with van der Waals surface area (Å²) in [5.74, 6) is 0.00721. The molecule has 0 bridgehead atoms. The summed E-state index contributed by atoms with van der Waals surface area (Å²) in [6.07, 6.45) is 3.43. The number of amides is 1. The number of benzene rings is 1. The maximum atomic E-state index is 11.8. The van der Waals surface area contributed by atoms with E-state index < -0.39 is 0 Å². The largest absolute Gasteiger partial charge is 0.399 e. The number of carbonyl (C=O) groups excluding carboxylic acids is 1. The molecule has 1 aromatic rings. The van der Waals surface area contributed by atoms with E-state index in [1.54, 1.807) is 6.07 Å². The molecule has 0 aliphatic carbocycles. The second kappa shape index (κ2) is 8.53. The Hall–Kier alpha value is -1.55. The highest BCUT2D eigenvalue weighted by atomic mass is 16.5. The predicted molar refractivity (Wildman–Crippen MR) is 79.2 cm³/mol. The molecule has 0 aliphatic rings. The van der Waals surface area contributed by atoms with Crippen LogP contribution in [0.25, 0.3) is 0 Å². The molecular formula is C15H24N2O2. The molecule has 0 saturated carbocycles. The van der Waals surface area contributed by atoms with E-state index in [-0.39, 0.29) is 5.91 Å². The predicted octanol–water partition coefficient (Wildman–Crippen LogP) is 3.11. The van der Waals surface area contributed by atoms with Crippen molar-refractivity contribution in [1.29, 1.82) is 0 Å². The zero-order valence-corrected chi connectivity index (χ0v) is 11.9. The lowest BCUT2D eigenvalue weighted by Crippen LogP contribution is -2.13. The van der Waals surface area contributed by atoms with Crippen LogP contribution in [-0.2, 0) is 9.53 Å². The van der Waals surface area contributed by atoms with Gasteiger partial charge in [-0.25, -0.2) is 0 Å². The summed E-state index contributed by atoms with van der Waals surface area (Å²) < 4.78 is 5.42. The molecule has 0 unspecified atom stereocenters. The molecule has 1 rings (SSSR count). The zero-order valence-electron chi connectivity index (χ0n) is 11.9. The standard InChI is InChI=1S/C15H24N2O2/c1-3-4-9-19-10-5-6-15(18)17-14-11-13(16)8-7-12(14)2/h7-8,11H,3-6,9-10,16H2,1-2H3,(H,17,18). The Balaban J connectivity index is 2.25. The van der Waals surface area contributed by atoms with Gasteiger partial charge in [-0.2, -0.15) is 0 Å². The van der Waals surface area contributed by atoms with Gasteiger partial charge in [-0.1, -0.05) is 19.4 Å². The van der Waals surface area contributed by atoms with Gasteiger partial charge in [0.1, 0.15) is 0 Å². The number of anilines is 2. The number of nitrogen functional groups attached to an aromatic ring is 1. The summed E-state index contributed by atoms with van der Waals surface area (Å²) in [6, 6.07) is 5.51. The first-order valence-corrected chi connectivity index (χ1v) is 6.87. The van der Waals surface area contributed by atoms with Gasteiger partial charge in [0.05, 0.1) is 0 Å². The number of unbranched alkanes of at least 4 members (excludes halogenated alkanes) is 1. The average molecular weight is 264 g/mol. The number of rotatable bonds is 8. The van der Waals surface area contributed by atoms with Crippen molar-refractivity contribution in [3.63, 3.8) is 0 Å². The van der Waals surface area contributed by atoms with Gasteiger partial charge in [-0.3, -0.25) is 4.79 Å². The second-order valence-electron chi connectivity index (χ2n) is 4.69. The highest BCUT2D eigenvalue weighted by molar-refractivity contribution is 5.91. The van der Waals surface area contributed by atoms with Crippen molar-refractivity contribution >= 4 is 17.3 Å². The smallest absolute Gasteiger partial charge is 0.224 e. The Morgan fingerprint density at radius 1 is 1.32 bits per heavy atom. The Morgan fingerprint density at radius 2 is 2.05 bits per heavy atom. The van der Waals surface area contributed by atoms with E-state index in [0.29, 0.717) is 18.7 Å². The van der Waals surface area contributed by atoms with Crippen molar-refractivity contribution in [2.75, 3.05) is 24.3 Å². The van der Waals surface area contributed by atoms with Gasteiger partial charge in [0, 0.05) is 31.0 Å². The van der Waals surface area contributed by atoms with Crippen LogP contribution in [0.2, 0.25) is 0 Å². The van der Waals surface area contributed by atoms with E-state index in [9.17, 15) is 4.79 Å². The van der Waals surface area contributed by atoms with Crippen LogP contribution in [0.15, 0.2) is 18.2 Å². The average Bonchev–Trinajstić information content (AvgIpc) is 2.38. The molecule has 1 aromatic carbocycles. The number of nitrogens with two attached hydrogens (primary N) is 1. The summed E-state index contributed by atoms with van der Waals surface area (Å²) in [4.78, 5) is 11.8. The lowest BCUT2D eigenvalue weighted by molar-refractivity contribution is -0.116. The molecule has 0 radical (unpaired) electrons. The van der Waals surface area contributed by atoms with Gasteiger partial charge < -0.3 is 15.8 Å². The molecule has 106 valence electrons. The molecule has 4 nitrogen and oxygen atoms in total. The van der Waals surface area contributed by atoms with Crippen molar-refractivity contribution < 1.29 is 9.53 Å². The van der Waals surface area contributed by atoms with E-state index in [0.717, 1.165) is 37.1 Å². The molecule has 0 spiro atoms. The maximum absolute atomic E-state index is 11.8. The second-order valence-corrected chi connectivity index (χ2v) is 4.69. The molecule has 4 heteroatoms. The first-order chi connectivity index (χ1) is 9.13. The molecule has 0 heterocycles. The monoisotopic (exact) mass is 264 g/mol. The third kappa shape index (κ3) is 6.25. The Labute approximate surface area is 115 Å².